The molecule has 130 valence electrons. The van der Waals surface area contributed by atoms with Crippen molar-refractivity contribution in [1.29, 1.82) is 0 Å². The van der Waals surface area contributed by atoms with E-state index in [2.05, 4.69) is 36.0 Å². The number of nitrogens with zero attached hydrogens (tertiary/aromatic N) is 3. The third-order valence-electron chi connectivity index (χ3n) is 4.30. The van der Waals surface area contributed by atoms with Crippen LogP contribution in [-0.2, 0) is 16.4 Å². The van der Waals surface area contributed by atoms with Gasteiger partial charge in [0, 0.05) is 39.3 Å². The average molecular weight is 340 g/mol. The Morgan fingerprint density at radius 2 is 1.70 bits per heavy atom. The highest BCUT2D eigenvalue weighted by Crippen LogP contribution is 2.11. The van der Waals surface area contributed by atoms with Gasteiger partial charge in [-0.15, -0.1) is 0 Å². The van der Waals surface area contributed by atoms with E-state index in [0.717, 1.165) is 32.6 Å². The van der Waals surface area contributed by atoms with Gasteiger partial charge >= 0.3 is 0 Å². The standard InChI is InChI=1S/C17H29N3O2S/c1-18(2)10-11-19-12-14-20(15-13-19)23(21,22)16-6-9-17-7-4-3-5-8-17/h3-5,7-8H,6,9-16H2,1-2H3. The van der Waals surface area contributed by atoms with E-state index < -0.39 is 10.0 Å². The van der Waals surface area contributed by atoms with Gasteiger partial charge in [-0.1, -0.05) is 30.3 Å². The largest absolute Gasteiger partial charge is 0.308 e. The number of benzene rings is 1. The molecule has 0 saturated carbocycles. The fourth-order valence-corrected chi connectivity index (χ4v) is 4.29. The van der Waals surface area contributed by atoms with Crippen molar-refractivity contribution in [2.45, 2.75) is 12.8 Å². The molecule has 1 aromatic rings. The molecule has 1 fully saturated rings. The molecule has 0 radical (unpaired) electrons. The van der Waals surface area contributed by atoms with Crippen LogP contribution < -0.4 is 0 Å². The van der Waals surface area contributed by atoms with Crippen LogP contribution in [0.5, 0.6) is 0 Å². The molecule has 0 aromatic heterocycles. The van der Waals surface area contributed by atoms with Crippen LogP contribution in [0.3, 0.4) is 0 Å². The van der Waals surface area contributed by atoms with Crippen molar-refractivity contribution in [3.05, 3.63) is 35.9 Å². The van der Waals surface area contributed by atoms with Crippen molar-refractivity contribution in [3.63, 3.8) is 0 Å². The number of likely N-dealkylation sites (N-methyl/N-ethyl adjacent to an activating group) is 1. The van der Waals surface area contributed by atoms with E-state index in [4.69, 9.17) is 0 Å². The summed E-state index contributed by atoms with van der Waals surface area (Å²) >= 11 is 0. The van der Waals surface area contributed by atoms with Gasteiger partial charge in [-0.3, -0.25) is 4.90 Å². The molecule has 0 aliphatic carbocycles. The van der Waals surface area contributed by atoms with Gasteiger partial charge in [0.25, 0.3) is 0 Å². The van der Waals surface area contributed by atoms with E-state index in [1.807, 2.05) is 18.2 Å². The summed E-state index contributed by atoms with van der Waals surface area (Å²) in [5.74, 6) is 0.250. The quantitative estimate of drug-likeness (QED) is 0.712. The van der Waals surface area contributed by atoms with E-state index in [-0.39, 0.29) is 5.75 Å². The molecule has 1 heterocycles. The molecule has 6 heteroatoms. The molecule has 1 aromatic carbocycles. The minimum Gasteiger partial charge on any atom is -0.308 e. The molecule has 1 aliphatic heterocycles. The SMILES string of the molecule is CN(C)CCN1CCN(S(=O)(=O)CCCc2ccccc2)CC1. The topological polar surface area (TPSA) is 43.9 Å². The second-order valence-corrected chi connectivity index (χ2v) is 8.54. The Labute approximate surface area is 140 Å². The third-order valence-corrected chi connectivity index (χ3v) is 6.26. The predicted octanol–water partition coefficient (Wildman–Crippen LogP) is 1.13. The molecule has 1 aliphatic rings. The molecular weight excluding hydrogens is 310 g/mol. The maximum absolute atomic E-state index is 12.4. The fourth-order valence-electron chi connectivity index (χ4n) is 2.81. The van der Waals surface area contributed by atoms with Crippen molar-refractivity contribution in [1.82, 2.24) is 14.1 Å². The molecular formula is C17H29N3O2S. The first-order valence-corrected chi connectivity index (χ1v) is 9.97. The van der Waals surface area contributed by atoms with Crippen molar-refractivity contribution in [2.24, 2.45) is 0 Å². The van der Waals surface area contributed by atoms with Crippen LogP contribution in [0.2, 0.25) is 0 Å². The van der Waals surface area contributed by atoms with Crippen LogP contribution >= 0.6 is 0 Å². The number of aryl methyl sites for hydroxylation is 1. The molecule has 0 amide bonds. The number of piperazine rings is 1. The van der Waals surface area contributed by atoms with Crippen molar-refractivity contribution in [2.75, 3.05) is 59.1 Å². The third kappa shape index (κ3) is 6.22. The second kappa shape index (κ2) is 8.78. The molecule has 0 spiro atoms. The molecule has 2 rings (SSSR count). The normalized spacial score (nSPS) is 17.7. The summed E-state index contributed by atoms with van der Waals surface area (Å²) < 4.78 is 26.6. The lowest BCUT2D eigenvalue weighted by molar-refractivity contribution is 0.174. The summed E-state index contributed by atoms with van der Waals surface area (Å²) in [6, 6.07) is 10.1. The van der Waals surface area contributed by atoms with Gasteiger partial charge in [-0.05, 0) is 32.5 Å². The van der Waals surface area contributed by atoms with E-state index in [1.54, 1.807) is 4.31 Å². The van der Waals surface area contributed by atoms with Gasteiger partial charge in [0.2, 0.25) is 10.0 Å². The molecule has 0 bridgehead atoms. The molecule has 0 N–H and O–H groups in total. The van der Waals surface area contributed by atoms with Gasteiger partial charge in [0.05, 0.1) is 5.75 Å². The highest BCUT2D eigenvalue weighted by atomic mass is 32.2. The number of rotatable bonds is 8. The van der Waals surface area contributed by atoms with Crippen LogP contribution in [0.4, 0.5) is 0 Å². The van der Waals surface area contributed by atoms with Gasteiger partial charge in [-0.25, -0.2) is 8.42 Å². The number of hydrogen-bond donors (Lipinski definition) is 0. The molecule has 0 unspecified atom stereocenters. The van der Waals surface area contributed by atoms with Crippen molar-refractivity contribution < 1.29 is 8.42 Å². The summed E-state index contributed by atoms with van der Waals surface area (Å²) in [6.45, 7) is 4.96. The van der Waals surface area contributed by atoms with E-state index in [1.165, 1.54) is 5.56 Å². The summed E-state index contributed by atoms with van der Waals surface area (Å²) in [7, 11) is 1.01. The first-order chi connectivity index (χ1) is 11.0. The highest BCUT2D eigenvalue weighted by Gasteiger charge is 2.26. The molecule has 1 saturated heterocycles. The van der Waals surface area contributed by atoms with Gasteiger partial charge < -0.3 is 4.90 Å². The van der Waals surface area contributed by atoms with Crippen molar-refractivity contribution in [3.8, 4) is 0 Å². The van der Waals surface area contributed by atoms with Crippen molar-refractivity contribution >= 4 is 10.0 Å². The Kier molecular flexibility index (Phi) is 7.02. The van der Waals surface area contributed by atoms with Gasteiger partial charge in [0.15, 0.2) is 0 Å². The van der Waals surface area contributed by atoms with E-state index in [0.29, 0.717) is 19.5 Å². The van der Waals surface area contributed by atoms with Crippen LogP contribution in [-0.4, -0.2) is 81.6 Å². The Balaban J connectivity index is 1.73. The summed E-state index contributed by atoms with van der Waals surface area (Å²) in [5, 5.41) is 0. The lowest BCUT2D eigenvalue weighted by Gasteiger charge is -2.34. The van der Waals surface area contributed by atoms with Crippen LogP contribution in [0.15, 0.2) is 30.3 Å². The summed E-state index contributed by atoms with van der Waals surface area (Å²) in [4.78, 5) is 4.50. The maximum Gasteiger partial charge on any atom is 0.214 e. The van der Waals surface area contributed by atoms with Gasteiger partial charge in [-0.2, -0.15) is 4.31 Å². The fraction of sp³-hybridized carbons (Fsp3) is 0.647. The predicted molar refractivity (Wildman–Crippen MR) is 95.1 cm³/mol. The smallest absolute Gasteiger partial charge is 0.214 e. The lowest BCUT2D eigenvalue weighted by atomic mass is 10.1. The zero-order valence-electron chi connectivity index (χ0n) is 14.3. The Bertz CT molecular complexity index is 552. The van der Waals surface area contributed by atoms with E-state index >= 15 is 0 Å². The monoisotopic (exact) mass is 339 g/mol. The Morgan fingerprint density at radius 1 is 1.04 bits per heavy atom. The Morgan fingerprint density at radius 3 is 2.30 bits per heavy atom. The lowest BCUT2D eigenvalue weighted by Crippen LogP contribution is -2.50. The molecule has 23 heavy (non-hydrogen) atoms. The van der Waals surface area contributed by atoms with Crippen LogP contribution in [0, 0.1) is 0 Å². The summed E-state index contributed by atoms with van der Waals surface area (Å²) in [5.41, 5.74) is 1.20. The first kappa shape index (κ1) is 18.4. The second-order valence-electron chi connectivity index (χ2n) is 6.45. The highest BCUT2D eigenvalue weighted by molar-refractivity contribution is 7.89. The minimum atomic E-state index is -3.11. The first-order valence-electron chi connectivity index (χ1n) is 8.36. The minimum absolute atomic E-state index is 0.250. The maximum atomic E-state index is 12.4. The van der Waals surface area contributed by atoms with E-state index in [9.17, 15) is 8.42 Å². The molecule has 0 atom stereocenters. The van der Waals surface area contributed by atoms with Crippen LogP contribution in [0.25, 0.3) is 0 Å². The molecule has 5 nitrogen and oxygen atoms in total. The van der Waals surface area contributed by atoms with Gasteiger partial charge in [0.1, 0.15) is 0 Å². The zero-order valence-corrected chi connectivity index (χ0v) is 15.1. The summed E-state index contributed by atoms with van der Waals surface area (Å²) in [6.07, 6.45) is 1.51. The Hall–Kier alpha value is -0.950. The zero-order chi connectivity index (χ0) is 16.7. The van der Waals surface area contributed by atoms with Crippen LogP contribution in [0.1, 0.15) is 12.0 Å². The average Bonchev–Trinajstić information content (AvgIpc) is 2.54. The number of hydrogen-bond acceptors (Lipinski definition) is 4. The number of sulfonamides is 1.